The number of unbranched alkanes of at least 4 members (excludes halogenated alkanes) is 18. The Morgan fingerprint density at radius 2 is 0.561 bits per heavy atom. The van der Waals surface area contributed by atoms with Crippen LogP contribution in [0, 0.1) is 0 Å². The van der Waals surface area contributed by atoms with Crippen molar-refractivity contribution in [1.82, 2.24) is 0 Å². The zero-order valence-electron chi connectivity index (χ0n) is 60.7. The largest absolute Gasteiger partial charge is 0.472 e. The van der Waals surface area contributed by atoms with Gasteiger partial charge in [-0.15, -0.1) is 0 Å². The summed E-state index contributed by atoms with van der Waals surface area (Å²) in [4.78, 5) is 72.7. The van der Waals surface area contributed by atoms with Crippen LogP contribution in [0.2, 0.25) is 0 Å². The van der Waals surface area contributed by atoms with Crippen LogP contribution in [-0.4, -0.2) is 96.7 Å². The monoisotopic (exact) mass is 1410 g/mol. The van der Waals surface area contributed by atoms with E-state index in [0.29, 0.717) is 32.1 Å². The number of phosphoric acid groups is 2. The molecule has 0 aliphatic carbocycles. The molecule has 3 N–H and O–H groups in total. The molecule has 0 amide bonds. The molecule has 98 heavy (non-hydrogen) atoms. The molecule has 0 radical (unpaired) electrons. The lowest BCUT2D eigenvalue weighted by atomic mass is 10.1. The minimum atomic E-state index is -4.99. The molecular weight excluding hydrogens is 1280 g/mol. The van der Waals surface area contributed by atoms with Crippen LogP contribution in [0.15, 0.2) is 146 Å². The maximum atomic E-state index is 13.1. The molecule has 0 aliphatic heterocycles. The van der Waals surface area contributed by atoms with E-state index >= 15 is 0 Å². The Bertz CT molecular complexity index is 2430. The van der Waals surface area contributed by atoms with Crippen LogP contribution in [0.3, 0.4) is 0 Å². The van der Waals surface area contributed by atoms with Gasteiger partial charge in [0.2, 0.25) is 0 Å². The molecule has 0 aromatic rings. The van der Waals surface area contributed by atoms with Gasteiger partial charge in [0, 0.05) is 25.7 Å². The maximum absolute atomic E-state index is 13.1. The SMILES string of the molecule is CC/C=C\C/C=C\C/C=C\C/C=C\C/C=C\CCCC(=O)OCC(COP(=O)(O)OCC(O)COP(=O)(O)OCC(COC(=O)CCCCCC/C=C\C/C=C\C/C=C\C/C=C\CC)OC(=O)CCCCCCC/C=C\C/C=C\CCC)OC(=O)CCCCCCC/C=C\CCCC. The van der Waals surface area contributed by atoms with Crippen LogP contribution < -0.4 is 0 Å². The molecule has 0 spiro atoms. The lowest BCUT2D eigenvalue weighted by Crippen LogP contribution is -2.30. The minimum Gasteiger partial charge on any atom is -0.462 e. The summed E-state index contributed by atoms with van der Waals surface area (Å²) >= 11 is 0. The number of rotatable bonds is 68. The predicted molar refractivity (Wildman–Crippen MR) is 399 cm³/mol. The summed E-state index contributed by atoms with van der Waals surface area (Å²) in [5, 5.41) is 10.6. The number of ether oxygens (including phenoxy) is 4. The van der Waals surface area contributed by atoms with E-state index in [1.807, 2.05) is 12.2 Å². The first-order valence-corrected chi connectivity index (χ1v) is 40.1. The third-order valence-electron chi connectivity index (χ3n) is 14.7. The molecule has 5 unspecified atom stereocenters. The van der Waals surface area contributed by atoms with E-state index in [1.54, 1.807) is 0 Å². The zero-order valence-corrected chi connectivity index (χ0v) is 62.4. The zero-order chi connectivity index (χ0) is 71.8. The Labute approximate surface area is 592 Å². The highest BCUT2D eigenvalue weighted by molar-refractivity contribution is 7.47. The van der Waals surface area contributed by atoms with Crippen LogP contribution in [0.5, 0.6) is 0 Å². The predicted octanol–water partition coefficient (Wildman–Crippen LogP) is 21.1. The molecule has 0 aromatic carbocycles. The number of allylic oxidation sites excluding steroid dienone is 24. The van der Waals surface area contributed by atoms with Gasteiger partial charge in [-0.3, -0.25) is 37.3 Å². The van der Waals surface area contributed by atoms with Crippen molar-refractivity contribution < 1.29 is 80.2 Å². The van der Waals surface area contributed by atoms with E-state index in [9.17, 15) is 43.2 Å². The van der Waals surface area contributed by atoms with Crippen molar-refractivity contribution in [2.45, 2.75) is 290 Å². The molecule has 0 fully saturated rings. The molecule has 0 aliphatic rings. The molecule has 0 bridgehead atoms. The first-order valence-electron chi connectivity index (χ1n) is 37.1. The van der Waals surface area contributed by atoms with E-state index in [2.05, 4.69) is 161 Å². The molecule has 17 nitrogen and oxygen atoms in total. The summed E-state index contributed by atoms with van der Waals surface area (Å²) in [5.41, 5.74) is 0. The summed E-state index contributed by atoms with van der Waals surface area (Å²) in [7, 11) is -9.98. The highest BCUT2D eigenvalue weighted by atomic mass is 31.2. The molecule has 19 heteroatoms. The quantitative estimate of drug-likeness (QED) is 0.0169. The highest BCUT2D eigenvalue weighted by Gasteiger charge is 2.30. The van der Waals surface area contributed by atoms with Gasteiger partial charge in [-0.25, -0.2) is 9.13 Å². The molecule has 0 saturated carbocycles. The molecule has 0 rings (SSSR count). The lowest BCUT2D eigenvalue weighted by Gasteiger charge is -2.21. The Kier molecular flexibility index (Phi) is 66.7. The van der Waals surface area contributed by atoms with Gasteiger partial charge in [0.1, 0.15) is 19.3 Å². The van der Waals surface area contributed by atoms with Crippen LogP contribution in [0.4, 0.5) is 0 Å². The Balaban J connectivity index is 5.40. The number of phosphoric ester groups is 2. The first-order chi connectivity index (χ1) is 47.7. The number of hydrogen-bond acceptors (Lipinski definition) is 15. The van der Waals surface area contributed by atoms with E-state index in [-0.39, 0.29) is 25.7 Å². The van der Waals surface area contributed by atoms with Crippen LogP contribution in [-0.2, 0) is 65.4 Å². The van der Waals surface area contributed by atoms with Crippen LogP contribution >= 0.6 is 15.6 Å². The number of esters is 4. The van der Waals surface area contributed by atoms with Crippen molar-refractivity contribution in [1.29, 1.82) is 0 Å². The topological polar surface area (TPSA) is 237 Å². The average molecular weight is 1410 g/mol. The van der Waals surface area contributed by atoms with Gasteiger partial charge < -0.3 is 33.8 Å². The Morgan fingerprint density at radius 3 is 0.908 bits per heavy atom. The van der Waals surface area contributed by atoms with Crippen molar-refractivity contribution in [3.63, 3.8) is 0 Å². The minimum absolute atomic E-state index is 0.0675. The fraction of sp³-hybridized carbons (Fsp3) is 0.646. The standard InChI is InChI=1S/C79H130O17P2/c1-5-9-13-17-21-25-29-32-34-36-38-41-44-47-51-55-59-63-76(81)89-69-74(95-78(83)65-61-57-53-49-43-28-24-20-16-12-8-4)71-93-97(85,86)91-67-73(80)68-92-98(87,88)94-72-75(96-79(84)66-62-58-54-50-46-40-31-27-23-19-15-11-7-3)70-90-77(82)64-60-56-52-48-45-42-39-37-35-33-30-26-22-18-14-10-6-2/h9-10,13-15,19-22,24-27,31-35,38-39,41-42,47,51,73-75,80H,5-8,11-12,16-18,23,28-30,36-37,40,43-46,48-50,52-72H2,1-4H3,(H,85,86)(H,87,88)/b13-9-,14-10-,19-15-,24-20-,25-21-,26-22-,31-27-,34-32-,35-33-,41-38-,42-39-,51-47-. The molecule has 0 aromatic heterocycles. The maximum Gasteiger partial charge on any atom is 0.472 e. The normalized spacial score (nSPS) is 14.8. The van der Waals surface area contributed by atoms with Gasteiger partial charge in [0.25, 0.3) is 0 Å². The fourth-order valence-electron chi connectivity index (χ4n) is 9.15. The third kappa shape index (κ3) is 69.4. The Morgan fingerprint density at radius 1 is 0.296 bits per heavy atom. The van der Waals surface area contributed by atoms with Crippen molar-refractivity contribution >= 4 is 39.5 Å². The Hall–Kier alpha value is -5.06. The van der Waals surface area contributed by atoms with Crippen molar-refractivity contribution in [3.8, 4) is 0 Å². The molecule has 0 heterocycles. The number of aliphatic hydroxyl groups is 1. The second kappa shape index (κ2) is 70.4. The van der Waals surface area contributed by atoms with Crippen LogP contribution in [0.25, 0.3) is 0 Å². The van der Waals surface area contributed by atoms with E-state index in [0.717, 1.165) is 173 Å². The molecule has 5 atom stereocenters. The van der Waals surface area contributed by atoms with Gasteiger partial charge in [-0.2, -0.15) is 0 Å². The smallest absolute Gasteiger partial charge is 0.462 e. The summed E-state index contributed by atoms with van der Waals surface area (Å²) < 4.78 is 68.3. The average Bonchev–Trinajstić information content (AvgIpc) is 0.985. The van der Waals surface area contributed by atoms with Gasteiger partial charge in [0.15, 0.2) is 12.2 Å². The van der Waals surface area contributed by atoms with E-state index in [1.165, 1.54) is 12.8 Å². The van der Waals surface area contributed by atoms with E-state index < -0.39 is 97.5 Å². The highest BCUT2D eigenvalue weighted by Crippen LogP contribution is 2.45. The molecule has 0 saturated heterocycles. The number of carbonyl (C=O) groups excluding carboxylic acids is 4. The second-order valence-electron chi connectivity index (χ2n) is 24.1. The first kappa shape index (κ1) is 92.9. The summed E-state index contributed by atoms with van der Waals surface area (Å²) in [6.45, 7) is 4.39. The number of hydrogen-bond donors (Lipinski definition) is 3. The third-order valence-corrected chi connectivity index (χ3v) is 16.7. The van der Waals surface area contributed by atoms with Gasteiger partial charge in [0.05, 0.1) is 26.4 Å². The van der Waals surface area contributed by atoms with Crippen molar-refractivity contribution in [3.05, 3.63) is 146 Å². The van der Waals surface area contributed by atoms with E-state index in [4.69, 9.17) is 37.0 Å². The summed E-state index contributed by atoms with van der Waals surface area (Å²) in [6.07, 6.45) is 78.6. The van der Waals surface area contributed by atoms with Crippen LogP contribution in [0.1, 0.15) is 272 Å². The van der Waals surface area contributed by atoms with Gasteiger partial charge in [-0.1, -0.05) is 244 Å². The fourth-order valence-corrected chi connectivity index (χ4v) is 10.7. The number of carbonyl (C=O) groups is 4. The summed E-state index contributed by atoms with van der Waals surface area (Å²) in [6, 6.07) is 0. The lowest BCUT2D eigenvalue weighted by molar-refractivity contribution is -0.161. The second-order valence-corrected chi connectivity index (χ2v) is 27.0. The van der Waals surface area contributed by atoms with Gasteiger partial charge >= 0.3 is 39.5 Å². The molecular formula is C79H130O17P2. The molecule has 558 valence electrons. The van der Waals surface area contributed by atoms with Crippen molar-refractivity contribution in [2.24, 2.45) is 0 Å². The number of aliphatic hydroxyl groups excluding tert-OH is 1. The summed E-state index contributed by atoms with van der Waals surface area (Å²) in [5.74, 6) is -2.31. The van der Waals surface area contributed by atoms with Crippen molar-refractivity contribution in [2.75, 3.05) is 39.6 Å². The van der Waals surface area contributed by atoms with Gasteiger partial charge in [-0.05, 0) is 148 Å².